The molecule has 1 amide bonds. The summed E-state index contributed by atoms with van der Waals surface area (Å²) in [5, 5.41) is 5.79. The Morgan fingerprint density at radius 1 is 1.41 bits per heavy atom. The Morgan fingerprint density at radius 3 is 2.71 bits per heavy atom. The van der Waals surface area contributed by atoms with Crippen LogP contribution in [0.5, 0.6) is 0 Å². The number of methoxy groups -OCH3 is 1. The van der Waals surface area contributed by atoms with Gasteiger partial charge in [0.05, 0.1) is 7.11 Å². The fourth-order valence-electron chi connectivity index (χ4n) is 1.11. The third kappa shape index (κ3) is 9.17. The fraction of sp³-hybridized carbons (Fsp3) is 0.500. The Hall–Kier alpha value is -1.78. The van der Waals surface area contributed by atoms with Crippen LogP contribution in [-0.2, 0) is 9.53 Å². The number of carbonyl (C=O) groups excluding carboxylic acids is 1. The molecule has 0 aliphatic rings. The van der Waals surface area contributed by atoms with Crippen LogP contribution in [0.4, 0.5) is 0 Å². The summed E-state index contributed by atoms with van der Waals surface area (Å²) in [4.78, 5) is 14.2. The third-order valence-corrected chi connectivity index (χ3v) is 1.97. The molecule has 0 bridgehead atoms. The van der Waals surface area contributed by atoms with Crippen molar-refractivity contribution in [3.8, 4) is 0 Å². The van der Waals surface area contributed by atoms with Crippen molar-refractivity contribution in [1.82, 2.24) is 10.6 Å². The smallest absolute Gasteiger partial charge is 0.207 e. The van der Waals surface area contributed by atoms with E-state index in [0.717, 1.165) is 25.2 Å². The maximum atomic E-state index is 10.0. The number of unbranched alkanes of at least 4 members (excludes halogenated alkanes) is 1. The van der Waals surface area contributed by atoms with Crippen LogP contribution in [0.1, 0.15) is 19.8 Å². The summed E-state index contributed by atoms with van der Waals surface area (Å²) in [5.74, 6) is 1.28. The van der Waals surface area contributed by atoms with E-state index in [1.807, 2.05) is 6.92 Å². The van der Waals surface area contributed by atoms with Gasteiger partial charge in [0.15, 0.2) is 0 Å². The lowest BCUT2D eigenvalue weighted by Gasteiger charge is -2.07. The van der Waals surface area contributed by atoms with Crippen molar-refractivity contribution in [2.45, 2.75) is 19.8 Å². The number of rotatable bonds is 10. The normalized spacial score (nSPS) is 11.3. The molecule has 5 nitrogen and oxygen atoms in total. The molecule has 0 unspecified atom stereocenters. The summed E-state index contributed by atoms with van der Waals surface area (Å²) in [6.45, 7) is 7.04. The monoisotopic (exact) mass is 239 g/mol. The first-order chi connectivity index (χ1) is 8.24. The number of hydrogen-bond donors (Lipinski definition) is 2. The van der Waals surface area contributed by atoms with Crippen molar-refractivity contribution in [2.75, 3.05) is 20.2 Å². The summed E-state index contributed by atoms with van der Waals surface area (Å²) in [6, 6.07) is 0. The zero-order valence-corrected chi connectivity index (χ0v) is 10.5. The van der Waals surface area contributed by atoms with Crippen molar-refractivity contribution < 1.29 is 9.53 Å². The first-order valence-electron chi connectivity index (χ1n) is 5.58. The maximum absolute atomic E-state index is 10.0. The molecule has 0 aromatic heterocycles. The van der Waals surface area contributed by atoms with Gasteiger partial charge in [-0.05, 0) is 19.8 Å². The predicted molar refractivity (Wildman–Crippen MR) is 69.7 cm³/mol. The average molecular weight is 239 g/mol. The number of carbonyl (C=O) groups is 1. The van der Waals surface area contributed by atoms with Crippen LogP contribution in [0.25, 0.3) is 0 Å². The molecule has 2 N–H and O–H groups in total. The third-order valence-electron chi connectivity index (χ3n) is 1.97. The topological polar surface area (TPSA) is 62.7 Å². The number of allylic oxidation sites excluding steroid dienone is 1. The zero-order chi connectivity index (χ0) is 12.9. The van der Waals surface area contributed by atoms with Gasteiger partial charge >= 0.3 is 0 Å². The van der Waals surface area contributed by atoms with Gasteiger partial charge in [0, 0.05) is 25.4 Å². The molecule has 0 aliphatic carbocycles. The van der Waals surface area contributed by atoms with Crippen molar-refractivity contribution >= 4 is 12.6 Å². The molecule has 0 radical (unpaired) electrons. The quantitative estimate of drug-likeness (QED) is 0.198. The van der Waals surface area contributed by atoms with Gasteiger partial charge in [0.1, 0.15) is 11.6 Å². The lowest BCUT2D eigenvalue weighted by molar-refractivity contribution is -0.109. The highest BCUT2D eigenvalue weighted by Crippen LogP contribution is 2.00. The van der Waals surface area contributed by atoms with Gasteiger partial charge in [0.25, 0.3) is 0 Å². The number of nitrogens with one attached hydrogen (secondary N) is 2. The van der Waals surface area contributed by atoms with Crippen molar-refractivity contribution in [3.05, 3.63) is 24.2 Å². The Labute approximate surface area is 103 Å². The van der Waals surface area contributed by atoms with Gasteiger partial charge in [-0.2, -0.15) is 0 Å². The minimum absolute atomic E-state index is 0.556. The molecular formula is C12H21N3O2. The number of aliphatic imine (C=N–C) groups is 1. The molecular weight excluding hydrogens is 218 g/mol. The summed E-state index contributed by atoms with van der Waals surface area (Å²) >= 11 is 0. The number of ether oxygens (including phenoxy) is 1. The summed E-state index contributed by atoms with van der Waals surface area (Å²) < 4.78 is 4.95. The minimum atomic E-state index is 0.556. The standard InChI is InChI=1S/C12H21N3O2/c1-4-14-12(9-11(2)17-3)15-8-6-5-7-13-10-16/h4,9-10,15H,2,5-8H2,1,3H3,(H,13,16)/b12-9+,14-4-. The van der Waals surface area contributed by atoms with Crippen LogP contribution in [0, 0.1) is 0 Å². The molecule has 0 heterocycles. The van der Waals surface area contributed by atoms with E-state index in [9.17, 15) is 4.79 Å². The Balaban J connectivity index is 3.89. The van der Waals surface area contributed by atoms with Gasteiger partial charge in [-0.3, -0.25) is 4.79 Å². The zero-order valence-electron chi connectivity index (χ0n) is 10.5. The van der Waals surface area contributed by atoms with E-state index in [2.05, 4.69) is 22.2 Å². The molecule has 0 aromatic rings. The van der Waals surface area contributed by atoms with Crippen LogP contribution in [0.3, 0.4) is 0 Å². The van der Waals surface area contributed by atoms with Gasteiger partial charge < -0.3 is 15.4 Å². The molecule has 0 saturated carbocycles. The number of hydrogen-bond acceptors (Lipinski definition) is 4. The van der Waals surface area contributed by atoms with Gasteiger partial charge in [0.2, 0.25) is 6.41 Å². The molecule has 17 heavy (non-hydrogen) atoms. The highest BCUT2D eigenvalue weighted by Gasteiger charge is 1.95. The highest BCUT2D eigenvalue weighted by molar-refractivity contribution is 5.55. The van der Waals surface area contributed by atoms with E-state index in [4.69, 9.17) is 4.74 Å². The minimum Gasteiger partial charge on any atom is -0.497 e. The highest BCUT2D eigenvalue weighted by atomic mass is 16.5. The second-order valence-corrected chi connectivity index (χ2v) is 3.29. The molecule has 96 valence electrons. The van der Waals surface area contributed by atoms with Gasteiger partial charge in [-0.15, -0.1) is 0 Å². The number of nitrogens with zero attached hydrogens (tertiary/aromatic N) is 1. The molecule has 0 aromatic carbocycles. The van der Waals surface area contributed by atoms with E-state index < -0.39 is 0 Å². The molecule has 0 aliphatic heterocycles. The molecule has 0 spiro atoms. The van der Waals surface area contributed by atoms with Gasteiger partial charge in [-0.1, -0.05) is 6.58 Å². The van der Waals surface area contributed by atoms with E-state index in [-0.39, 0.29) is 0 Å². The first kappa shape index (κ1) is 15.2. The van der Waals surface area contributed by atoms with Crippen LogP contribution >= 0.6 is 0 Å². The second-order valence-electron chi connectivity index (χ2n) is 3.29. The first-order valence-corrected chi connectivity index (χ1v) is 5.58. The molecule has 0 rings (SSSR count). The summed E-state index contributed by atoms with van der Waals surface area (Å²) in [5.41, 5.74) is 0. The van der Waals surface area contributed by atoms with E-state index in [1.54, 1.807) is 19.4 Å². The van der Waals surface area contributed by atoms with Crippen LogP contribution < -0.4 is 10.6 Å². The second kappa shape index (κ2) is 10.7. The molecule has 0 atom stereocenters. The SMILES string of the molecule is C=C(/C=C(\N=C/C)NCCCCNC=O)OC. The molecule has 0 fully saturated rings. The fourth-order valence-corrected chi connectivity index (χ4v) is 1.11. The lowest BCUT2D eigenvalue weighted by atomic mass is 10.3. The Bertz CT molecular complexity index is 285. The average Bonchev–Trinajstić information content (AvgIpc) is 2.33. The largest absolute Gasteiger partial charge is 0.497 e. The van der Waals surface area contributed by atoms with E-state index in [1.165, 1.54) is 0 Å². The molecule has 5 heteroatoms. The van der Waals surface area contributed by atoms with E-state index in [0.29, 0.717) is 18.7 Å². The Morgan fingerprint density at radius 2 is 2.12 bits per heavy atom. The van der Waals surface area contributed by atoms with Gasteiger partial charge in [-0.25, -0.2) is 4.99 Å². The predicted octanol–water partition coefficient (Wildman–Crippen LogP) is 1.19. The van der Waals surface area contributed by atoms with Crippen LogP contribution in [0.15, 0.2) is 29.2 Å². The van der Waals surface area contributed by atoms with Crippen LogP contribution in [-0.4, -0.2) is 32.8 Å². The number of amides is 1. The summed E-state index contributed by atoms with van der Waals surface area (Å²) in [6.07, 6.45) is 6.04. The lowest BCUT2D eigenvalue weighted by Crippen LogP contribution is -2.17. The molecule has 0 saturated heterocycles. The summed E-state index contributed by atoms with van der Waals surface area (Å²) in [7, 11) is 1.57. The Kier molecular flexibility index (Phi) is 9.61. The maximum Gasteiger partial charge on any atom is 0.207 e. The van der Waals surface area contributed by atoms with Crippen LogP contribution in [0.2, 0.25) is 0 Å². The van der Waals surface area contributed by atoms with Crippen molar-refractivity contribution in [3.63, 3.8) is 0 Å². The van der Waals surface area contributed by atoms with E-state index >= 15 is 0 Å². The van der Waals surface area contributed by atoms with Crippen molar-refractivity contribution in [2.24, 2.45) is 4.99 Å². The van der Waals surface area contributed by atoms with Crippen molar-refractivity contribution in [1.29, 1.82) is 0 Å².